The van der Waals surface area contributed by atoms with Crippen molar-refractivity contribution < 1.29 is 18.3 Å². The first-order valence-corrected chi connectivity index (χ1v) is 4.58. The smallest absolute Gasteiger partial charge is 0.407 e. The van der Waals surface area contributed by atoms with Crippen LogP contribution in [0.25, 0.3) is 0 Å². The molecule has 0 spiro atoms. The minimum atomic E-state index is -0.724. The van der Waals surface area contributed by atoms with Gasteiger partial charge in [0.25, 0.3) is 0 Å². The molecule has 0 unspecified atom stereocenters. The Morgan fingerprint density at radius 3 is 2.31 bits per heavy atom. The number of hydrogen-bond acceptors (Lipinski definition) is 3. The van der Waals surface area contributed by atoms with Crippen molar-refractivity contribution in [2.24, 2.45) is 0 Å². The molecule has 4 nitrogen and oxygen atoms in total. The quantitative estimate of drug-likeness (QED) is 0.833. The molecule has 0 radical (unpaired) electrons. The molecule has 1 aromatic carbocycles. The molecular weight excluding hydrogens is 218 g/mol. The van der Waals surface area contributed by atoms with E-state index in [0.29, 0.717) is 0 Å². The van der Waals surface area contributed by atoms with Crippen LogP contribution in [0.4, 0.5) is 19.3 Å². The van der Waals surface area contributed by atoms with E-state index in [1.54, 1.807) is 0 Å². The summed E-state index contributed by atoms with van der Waals surface area (Å²) in [6.45, 7) is -0.183. The Balaban J connectivity index is 2.79. The number of anilines is 1. The third-order valence-corrected chi connectivity index (χ3v) is 1.93. The van der Waals surface area contributed by atoms with Crippen molar-refractivity contribution in [3.8, 4) is 0 Å². The van der Waals surface area contributed by atoms with Crippen LogP contribution in [0.5, 0.6) is 0 Å². The molecule has 88 valence electrons. The number of rotatable bonds is 3. The van der Waals surface area contributed by atoms with E-state index in [-0.39, 0.29) is 17.9 Å². The molecule has 0 bridgehead atoms. The van der Waals surface area contributed by atoms with Crippen LogP contribution in [0, 0.1) is 11.6 Å². The number of alkyl carbamates (subject to hydrolysis) is 1. The Hall–Kier alpha value is -1.85. The summed E-state index contributed by atoms with van der Waals surface area (Å²) in [5.41, 5.74) is 0.0429. The zero-order valence-corrected chi connectivity index (χ0v) is 8.93. The van der Waals surface area contributed by atoms with Crippen LogP contribution in [0.3, 0.4) is 0 Å². The topological polar surface area (TPSA) is 50.4 Å². The SMILES string of the molecule is CNC(=O)OCc1cc(F)c(NC)c(F)c1. The van der Waals surface area contributed by atoms with E-state index in [1.807, 2.05) is 0 Å². The number of carbonyl (C=O) groups is 1. The summed E-state index contributed by atoms with van der Waals surface area (Å²) in [7, 11) is 2.82. The molecule has 0 aromatic heterocycles. The Morgan fingerprint density at radius 1 is 1.31 bits per heavy atom. The highest BCUT2D eigenvalue weighted by atomic mass is 19.1. The molecule has 0 saturated heterocycles. The molecule has 6 heteroatoms. The average molecular weight is 230 g/mol. The largest absolute Gasteiger partial charge is 0.445 e. The second kappa shape index (κ2) is 5.29. The highest BCUT2D eigenvalue weighted by Crippen LogP contribution is 2.20. The van der Waals surface area contributed by atoms with E-state index in [1.165, 1.54) is 14.1 Å². The van der Waals surface area contributed by atoms with E-state index in [2.05, 4.69) is 15.4 Å². The lowest BCUT2D eigenvalue weighted by atomic mass is 10.2. The number of hydrogen-bond donors (Lipinski definition) is 2. The second-order valence-electron chi connectivity index (χ2n) is 3.01. The zero-order valence-electron chi connectivity index (χ0n) is 8.93. The van der Waals surface area contributed by atoms with Crippen molar-refractivity contribution in [3.05, 3.63) is 29.3 Å². The fourth-order valence-corrected chi connectivity index (χ4v) is 1.17. The molecule has 1 amide bonds. The van der Waals surface area contributed by atoms with Crippen molar-refractivity contribution in [2.75, 3.05) is 19.4 Å². The average Bonchev–Trinajstić information content (AvgIpc) is 2.25. The molecular formula is C10H12F2N2O2. The van der Waals surface area contributed by atoms with Crippen LogP contribution in [0.1, 0.15) is 5.56 Å². The summed E-state index contributed by atoms with van der Waals surface area (Å²) in [5, 5.41) is 4.62. The van der Waals surface area contributed by atoms with Crippen LogP contribution in [-0.2, 0) is 11.3 Å². The monoisotopic (exact) mass is 230 g/mol. The normalized spacial score (nSPS) is 9.75. The standard InChI is InChI=1S/C10H12F2N2O2/c1-13-9-7(11)3-6(4-8(9)12)5-16-10(15)14-2/h3-4,13H,5H2,1-2H3,(H,14,15). The van der Waals surface area contributed by atoms with Gasteiger partial charge in [0.1, 0.15) is 23.9 Å². The first-order valence-electron chi connectivity index (χ1n) is 4.58. The molecule has 0 aliphatic rings. The Kier molecular flexibility index (Phi) is 4.04. The summed E-state index contributed by atoms with van der Waals surface area (Å²) in [6.07, 6.45) is -0.654. The Labute approximate surface area is 91.6 Å². The van der Waals surface area contributed by atoms with E-state index in [4.69, 9.17) is 0 Å². The predicted molar refractivity (Wildman–Crippen MR) is 55.1 cm³/mol. The van der Waals surface area contributed by atoms with Crippen LogP contribution >= 0.6 is 0 Å². The van der Waals surface area contributed by atoms with E-state index in [9.17, 15) is 13.6 Å². The number of ether oxygens (including phenoxy) is 1. The summed E-state index contributed by atoms with van der Waals surface area (Å²) in [4.78, 5) is 10.7. The molecule has 1 aromatic rings. The van der Waals surface area contributed by atoms with Gasteiger partial charge in [-0.3, -0.25) is 0 Å². The van der Waals surface area contributed by atoms with Gasteiger partial charge in [0.2, 0.25) is 0 Å². The summed E-state index contributed by atoms with van der Waals surface area (Å²) >= 11 is 0. The Bertz CT molecular complexity index is 373. The third-order valence-electron chi connectivity index (χ3n) is 1.93. The first-order chi connectivity index (χ1) is 7.58. The minimum absolute atomic E-state index is 0.183. The van der Waals surface area contributed by atoms with Gasteiger partial charge in [-0.25, -0.2) is 13.6 Å². The predicted octanol–water partition coefficient (Wildman–Crippen LogP) is 1.86. The van der Waals surface area contributed by atoms with Crippen LogP contribution in [-0.4, -0.2) is 20.2 Å². The van der Waals surface area contributed by atoms with Gasteiger partial charge >= 0.3 is 6.09 Å². The van der Waals surface area contributed by atoms with Gasteiger partial charge in [0.05, 0.1) is 0 Å². The van der Waals surface area contributed by atoms with Crippen LogP contribution in [0.15, 0.2) is 12.1 Å². The maximum Gasteiger partial charge on any atom is 0.407 e. The summed E-state index contributed by atoms with van der Waals surface area (Å²) < 4.78 is 31.2. The second-order valence-corrected chi connectivity index (χ2v) is 3.01. The molecule has 0 saturated carbocycles. The molecule has 0 aliphatic heterocycles. The van der Waals surface area contributed by atoms with Crippen molar-refractivity contribution in [2.45, 2.75) is 6.61 Å². The maximum atomic E-state index is 13.3. The number of carbonyl (C=O) groups excluding carboxylic acids is 1. The van der Waals surface area contributed by atoms with Crippen molar-refractivity contribution >= 4 is 11.8 Å². The van der Waals surface area contributed by atoms with Crippen molar-refractivity contribution in [3.63, 3.8) is 0 Å². The fraction of sp³-hybridized carbons (Fsp3) is 0.300. The molecule has 0 heterocycles. The fourth-order valence-electron chi connectivity index (χ4n) is 1.17. The lowest BCUT2D eigenvalue weighted by Gasteiger charge is -2.08. The maximum absolute atomic E-state index is 13.3. The van der Waals surface area contributed by atoms with E-state index in [0.717, 1.165) is 12.1 Å². The van der Waals surface area contributed by atoms with E-state index < -0.39 is 17.7 Å². The number of benzene rings is 1. The minimum Gasteiger partial charge on any atom is -0.445 e. The van der Waals surface area contributed by atoms with Gasteiger partial charge in [-0.1, -0.05) is 0 Å². The van der Waals surface area contributed by atoms with Crippen LogP contribution < -0.4 is 10.6 Å². The van der Waals surface area contributed by atoms with Gasteiger partial charge in [-0.15, -0.1) is 0 Å². The van der Waals surface area contributed by atoms with Gasteiger partial charge in [-0.2, -0.15) is 0 Å². The summed E-state index contributed by atoms with van der Waals surface area (Å²) in [5.74, 6) is -1.45. The van der Waals surface area contributed by atoms with Crippen molar-refractivity contribution in [1.82, 2.24) is 5.32 Å². The highest BCUT2D eigenvalue weighted by Gasteiger charge is 2.10. The Morgan fingerprint density at radius 2 is 1.88 bits per heavy atom. The third kappa shape index (κ3) is 2.82. The van der Waals surface area contributed by atoms with Gasteiger partial charge in [0, 0.05) is 14.1 Å². The lowest BCUT2D eigenvalue weighted by molar-refractivity contribution is 0.141. The number of amides is 1. The molecule has 2 N–H and O–H groups in total. The first kappa shape index (κ1) is 12.2. The van der Waals surface area contributed by atoms with Crippen molar-refractivity contribution in [1.29, 1.82) is 0 Å². The highest BCUT2D eigenvalue weighted by molar-refractivity contribution is 5.66. The molecule has 16 heavy (non-hydrogen) atoms. The molecule has 1 rings (SSSR count). The van der Waals surface area contributed by atoms with Crippen LogP contribution in [0.2, 0.25) is 0 Å². The molecule has 0 fully saturated rings. The van der Waals surface area contributed by atoms with Gasteiger partial charge in [0.15, 0.2) is 0 Å². The molecule has 0 atom stereocenters. The van der Waals surface area contributed by atoms with Gasteiger partial charge in [-0.05, 0) is 17.7 Å². The van der Waals surface area contributed by atoms with Gasteiger partial charge < -0.3 is 15.4 Å². The number of halogens is 2. The lowest BCUT2D eigenvalue weighted by Crippen LogP contribution is -2.19. The molecule has 0 aliphatic carbocycles. The zero-order chi connectivity index (χ0) is 12.1. The van der Waals surface area contributed by atoms with E-state index >= 15 is 0 Å². The number of nitrogens with one attached hydrogen (secondary N) is 2. The summed E-state index contributed by atoms with van der Waals surface area (Å²) in [6, 6.07) is 2.22.